The van der Waals surface area contributed by atoms with E-state index < -0.39 is 15.9 Å². The highest BCUT2D eigenvalue weighted by Gasteiger charge is 2.32. The first-order valence-electron chi connectivity index (χ1n) is 10.8. The Balaban J connectivity index is 1.39. The summed E-state index contributed by atoms with van der Waals surface area (Å²) in [6, 6.07) is 13.8. The Kier molecular flexibility index (Phi) is 7.36. The van der Waals surface area contributed by atoms with Crippen molar-refractivity contribution in [2.75, 3.05) is 24.7 Å². The van der Waals surface area contributed by atoms with Gasteiger partial charge in [-0.1, -0.05) is 17.2 Å². The first-order chi connectivity index (χ1) is 16.2. The number of carbonyl (C=O) groups excluding carboxylic acids is 1. The second-order valence-electron chi connectivity index (χ2n) is 8.08. The molecule has 0 spiro atoms. The summed E-state index contributed by atoms with van der Waals surface area (Å²) in [5.74, 6) is -0.0975. The number of rotatable bonds is 7. The van der Waals surface area contributed by atoms with Gasteiger partial charge in [-0.2, -0.15) is 4.31 Å². The Bertz CT molecular complexity index is 1230. The van der Waals surface area contributed by atoms with Gasteiger partial charge < -0.3 is 9.15 Å². The lowest BCUT2D eigenvalue weighted by Crippen LogP contribution is -2.48. The summed E-state index contributed by atoms with van der Waals surface area (Å²) >= 11 is 1.66. The Hall–Kier alpha value is -2.73. The van der Waals surface area contributed by atoms with Crippen molar-refractivity contribution >= 4 is 33.7 Å². The van der Waals surface area contributed by atoms with Crippen molar-refractivity contribution < 1.29 is 22.4 Å². The second kappa shape index (κ2) is 10.3. The third-order valence-corrected chi connectivity index (χ3v) is 7.93. The topological polar surface area (TPSA) is 115 Å². The van der Waals surface area contributed by atoms with E-state index in [4.69, 9.17) is 9.15 Å². The molecule has 1 aromatic heterocycles. The zero-order valence-corrected chi connectivity index (χ0v) is 20.7. The Labute approximate surface area is 202 Å². The molecule has 180 valence electrons. The number of anilines is 1. The number of benzene rings is 2. The van der Waals surface area contributed by atoms with Crippen LogP contribution in [0.25, 0.3) is 0 Å². The lowest BCUT2D eigenvalue weighted by molar-refractivity contribution is -0.0440. The first-order valence-corrected chi connectivity index (χ1v) is 13.4. The van der Waals surface area contributed by atoms with Gasteiger partial charge in [0.25, 0.3) is 5.91 Å². The van der Waals surface area contributed by atoms with Crippen LogP contribution < -0.4 is 5.32 Å². The summed E-state index contributed by atoms with van der Waals surface area (Å²) in [5.41, 5.74) is 1.29. The van der Waals surface area contributed by atoms with Gasteiger partial charge in [0.05, 0.1) is 23.5 Å². The van der Waals surface area contributed by atoms with Crippen LogP contribution in [0.2, 0.25) is 0 Å². The van der Waals surface area contributed by atoms with E-state index in [1.54, 1.807) is 11.8 Å². The highest BCUT2D eigenvalue weighted by Crippen LogP contribution is 2.22. The molecule has 0 bridgehead atoms. The van der Waals surface area contributed by atoms with Gasteiger partial charge in [0.1, 0.15) is 0 Å². The fourth-order valence-corrected chi connectivity index (χ4v) is 5.72. The quantitative estimate of drug-likeness (QED) is 0.489. The number of carbonyl (C=O) groups is 1. The molecule has 1 N–H and O–H groups in total. The molecule has 2 unspecified atom stereocenters. The molecule has 34 heavy (non-hydrogen) atoms. The van der Waals surface area contributed by atoms with Crippen molar-refractivity contribution in [2.24, 2.45) is 0 Å². The molecule has 2 heterocycles. The van der Waals surface area contributed by atoms with Gasteiger partial charge in [-0.05, 0) is 62.1 Å². The number of nitrogens with zero attached hydrogens (tertiary/aromatic N) is 3. The molecule has 1 aliphatic rings. The number of morpholine rings is 1. The molecule has 4 rings (SSSR count). The molecule has 3 aromatic rings. The minimum Gasteiger partial charge on any atom is -0.407 e. The van der Waals surface area contributed by atoms with Gasteiger partial charge in [-0.15, -0.1) is 16.9 Å². The Morgan fingerprint density at radius 3 is 2.32 bits per heavy atom. The molecule has 1 amide bonds. The summed E-state index contributed by atoms with van der Waals surface area (Å²) < 4.78 is 38.5. The molecule has 2 atom stereocenters. The van der Waals surface area contributed by atoms with E-state index in [-0.39, 0.29) is 41.8 Å². The normalized spacial score (nSPS) is 19.1. The second-order valence-corrected chi connectivity index (χ2v) is 10.9. The van der Waals surface area contributed by atoms with Gasteiger partial charge in [0, 0.05) is 23.5 Å². The van der Waals surface area contributed by atoms with E-state index >= 15 is 0 Å². The molecule has 1 fully saturated rings. The Morgan fingerprint density at radius 1 is 1.06 bits per heavy atom. The monoisotopic (exact) mass is 502 g/mol. The fraction of sp³-hybridized carbons (Fsp3) is 0.348. The molecule has 1 aliphatic heterocycles. The predicted octanol–water partition coefficient (Wildman–Crippen LogP) is 3.43. The molecule has 2 aromatic carbocycles. The van der Waals surface area contributed by atoms with Crippen molar-refractivity contribution in [3.8, 4) is 0 Å². The van der Waals surface area contributed by atoms with Crippen LogP contribution in [0.4, 0.5) is 6.01 Å². The molecule has 9 nitrogen and oxygen atoms in total. The molecular weight excluding hydrogens is 476 g/mol. The highest BCUT2D eigenvalue weighted by molar-refractivity contribution is 7.98. The lowest BCUT2D eigenvalue weighted by atomic mass is 10.1. The number of sulfonamides is 1. The van der Waals surface area contributed by atoms with Crippen molar-refractivity contribution in [3.63, 3.8) is 0 Å². The van der Waals surface area contributed by atoms with E-state index in [0.717, 1.165) is 10.5 Å². The minimum absolute atomic E-state index is 0.0197. The standard InChI is InChI=1S/C23H26N4O5S2/c1-15-13-27(14-16(2)31-15)34(29,30)20-10-6-18(7-11-20)22(28)24-23-26-25-21(32-23)12-17-4-8-19(33-3)9-5-17/h4-11,15-16H,12-14H2,1-3H3,(H,24,26,28). The first kappa shape index (κ1) is 24.4. The van der Waals surface area contributed by atoms with Crippen molar-refractivity contribution in [3.05, 3.63) is 65.5 Å². The van der Waals surface area contributed by atoms with Crippen molar-refractivity contribution in [2.45, 2.75) is 42.3 Å². The maximum absolute atomic E-state index is 13.0. The van der Waals surface area contributed by atoms with Gasteiger partial charge in [-0.25, -0.2) is 8.42 Å². The average molecular weight is 503 g/mol. The third kappa shape index (κ3) is 5.66. The van der Waals surface area contributed by atoms with Crippen LogP contribution in [-0.2, 0) is 21.2 Å². The zero-order chi connectivity index (χ0) is 24.3. The van der Waals surface area contributed by atoms with Crippen LogP contribution in [0.3, 0.4) is 0 Å². The predicted molar refractivity (Wildman–Crippen MR) is 128 cm³/mol. The molecular formula is C23H26N4O5S2. The minimum atomic E-state index is -3.68. The number of aromatic nitrogens is 2. The number of nitrogens with one attached hydrogen (secondary N) is 1. The molecule has 0 radical (unpaired) electrons. The van der Waals surface area contributed by atoms with Crippen molar-refractivity contribution in [1.82, 2.24) is 14.5 Å². The van der Waals surface area contributed by atoms with E-state index in [0.29, 0.717) is 12.3 Å². The zero-order valence-electron chi connectivity index (χ0n) is 19.1. The molecule has 1 saturated heterocycles. The largest absolute Gasteiger partial charge is 0.407 e. The lowest BCUT2D eigenvalue weighted by Gasteiger charge is -2.34. The smallest absolute Gasteiger partial charge is 0.322 e. The van der Waals surface area contributed by atoms with Crippen LogP contribution in [0, 0.1) is 0 Å². The van der Waals surface area contributed by atoms with E-state index in [2.05, 4.69) is 15.5 Å². The molecule has 0 saturated carbocycles. The summed E-state index contributed by atoms with van der Waals surface area (Å²) in [4.78, 5) is 13.9. The number of hydrogen-bond donors (Lipinski definition) is 1. The van der Waals surface area contributed by atoms with Crippen molar-refractivity contribution in [1.29, 1.82) is 0 Å². The summed E-state index contributed by atoms with van der Waals surface area (Å²) in [6.07, 6.45) is 2.09. The van der Waals surface area contributed by atoms with E-state index in [9.17, 15) is 13.2 Å². The molecule has 0 aliphatic carbocycles. The van der Waals surface area contributed by atoms with Crippen LogP contribution in [0.1, 0.15) is 35.7 Å². The van der Waals surface area contributed by atoms with Crippen LogP contribution in [0.5, 0.6) is 0 Å². The number of hydrogen-bond acceptors (Lipinski definition) is 8. The summed E-state index contributed by atoms with van der Waals surface area (Å²) in [5, 5.41) is 10.4. The maximum atomic E-state index is 13.0. The van der Waals surface area contributed by atoms with Gasteiger partial charge in [0.2, 0.25) is 15.9 Å². The Morgan fingerprint density at radius 2 is 1.71 bits per heavy atom. The van der Waals surface area contributed by atoms with Crippen LogP contribution in [0.15, 0.2) is 62.7 Å². The van der Waals surface area contributed by atoms with Gasteiger partial charge >= 0.3 is 6.01 Å². The fourth-order valence-electron chi connectivity index (χ4n) is 3.72. The van der Waals surface area contributed by atoms with E-state index in [1.165, 1.54) is 28.6 Å². The molecule has 11 heteroatoms. The average Bonchev–Trinajstić information content (AvgIpc) is 3.25. The third-order valence-electron chi connectivity index (χ3n) is 5.34. The van der Waals surface area contributed by atoms with E-state index in [1.807, 2.05) is 44.4 Å². The number of ether oxygens (including phenoxy) is 1. The van der Waals surface area contributed by atoms with Gasteiger partial charge in [-0.3, -0.25) is 10.1 Å². The highest BCUT2D eigenvalue weighted by atomic mass is 32.2. The SMILES string of the molecule is CSc1ccc(Cc2nnc(NC(=O)c3ccc(S(=O)(=O)N4CC(C)OC(C)C4)cc3)o2)cc1. The number of amides is 1. The number of thioether (sulfide) groups is 1. The summed E-state index contributed by atoms with van der Waals surface area (Å²) in [6.45, 7) is 4.26. The maximum Gasteiger partial charge on any atom is 0.322 e. The van der Waals surface area contributed by atoms with Crippen LogP contribution >= 0.6 is 11.8 Å². The van der Waals surface area contributed by atoms with Gasteiger partial charge in [0.15, 0.2) is 0 Å². The van der Waals surface area contributed by atoms with Crippen LogP contribution in [-0.4, -0.2) is 60.4 Å². The summed E-state index contributed by atoms with van der Waals surface area (Å²) in [7, 11) is -3.68.